The van der Waals surface area contributed by atoms with Crippen LogP contribution in [0.25, 0.3) is 32.5 Å². The molecule has 0 aliphatic carbocycles. The lowest BCUT2D eigenvalue weighted by Gasteiger charge is -2.34. The smallest absolute Gasteiger partial charge is 0.223 e. The summed E-state index contributed by atoms with van der Waals surface area (Å²) in [5.74, 6) is 1.72. The molecule has 0 spiro atoms. The summed E-state index contributed by atoms with van der Waals surface area (Å²) in [5, 5.41) is 8.27. The Hall–Kier alpha value is -3.67. The molecule has 0 saturated carbocycles. The minimum atomic E-state index is 0.00315. The average Bonchev–Trinajstić information content (AvgIpc) is 3.63. The van der Waals surface area contributed by atoms with Crippen LogP contribution in [0.3, 0.4) is 0 Å². The molecule has 0 bridgehead atoms. The van der Waals surface area contributed by atoms with Crippen molar-refractivity contribution in [1.82, 2.24) is 30.0 Å². The van der Waals surface area contributed by atoms with Gasteiger partial charge in [0.2, 0.25) is 5.91 Å². The Labute approximate surface area is 236 Å². The molecule has 6 rings (SSSR count). The van der Waals surface area contributed by atoms with Crippen molar-refractivity contribution in [3.8, 4) is 11.4 Å². The quantitative estimate of drug-likeness (QED) is 0.326. The molecule has 4 aromatic rings. The predicted octanol–water partition coefficient (Wildman–Crippen LogP) is 3.64. The van der Waals surface area contributed by atoms with Crippen LogP contribution in [0.2, 0.25) is 0 Å². The number of allylic oxidation sites excluding steroid dienone is 2. The molecule has 1 N–H and O–H groups in total. The fraction of sp³-hybridized carbons (Fsp3) is 0.414. The van der Waals surface area contributed by atoms with E-state index in [-0.39, 0.29) is 24.5 Å². The summed E-state index contributed by atoms with van der Waals surface area (Å²) in [6.45, 7) is 8.54. The Balaban J connectivity index is 1.21. The Morgan fingerprint density at radius 2 is 1.90 bits per heavy atom. The molecule has 1 aromatic carbocycles. The highest BCUT2D eigenvalue weighted by molar-refractivity contribution is 7.19. The summed E-state index contributed by atoms with van der Waals surface area (Å²) in [4.78, 5) is 42.3. The van der Waals surface area contributed by atoms with Gasteiger partial charge in [-0.1, -0.05) is 18.2 Å². The van der Waals surface area contributed by atoms with Crippen LogP contribution in [0.5, 0.6) is 0 Å². The van der Waals surface area contributed by atoms with Crippen molar-refractivity contribution in [1.29, 1.82) is 0 Å². The Bertz CT molecular complexity index is 1550. The van der Waals surface area contributed by atoms with Crippen LogP contribution in [-0.4, -0.2) is 94.1 Å². The Morgan fingerprint density at radius 1 is 1.07 bits per heavy atom. The SMILES string of the molecule is CC=CC(=O)CCC(=O)N1CCN(Cc2cc3nc(-c4cccc5[nH]ncc45)nc(N4CCOCC4)c3s2)CC1. The summed E-state index contributed by atoms with van der Waals surface area (Å²) in [6, 6.07) is 8.25. The lowest BCUT2D eigenvalue weighted by atomic mass is 10.1. The molecule has 1 amide bonds. The van der Waals surface area contributed by atoms with Crippen molar-refractivity contribution in [3.63, 3.8) is 0 Å². The van der Waals surface area contributed by atoms with Gasteiger partial charge in [0.15, 0.2) is 17.4 Å². The van der Waals surface area contributed by atoms with Crippen LogP contribution in [0.1, 0.15) is 24.6 Å². The van der Waals surface area contributed by atoms with Gasteiger partial charge in [-0.2, -0.15) is 5.10 Å². The lowest BCUT2D eigenvalue weighted by molar-refractivity contribution is -0.134. The van der Waals surface area contributed by atoms with Gasteiger partial charge in [0.25, 0.3) is 0 Å². The molecular weight excluding hydrogens is 526 g/mol. The molecule has 2 aliphatic heterocycles. The minimum absolute atomic E-state index is 0.00315. The number of morpholine rings is 1. The number of ether oxygens (including phenoxy) is 1. The minimum Gasteiger partial charge on any atom is -0.378 e. The Kier molecular flexibility index (Phi) is 7.85. The van der Waals surface area contributed by atoms with E-state index in [4.69, 9.17) is 14.7 Å². The molecule has 40 heavy (non-hydrogen) atoms. The maximum absolute atomic E-state index is 12.6. The first-order valence-corrected chi connectivity index (χ1v) is 14.6. The number of nitrogens with one attached hydrogen (secondary N) is 1. The maximum atomic E-state index is 12.6. The van der Waals surface area contributed by atoms with Crippen molar-refractivity contribution >= 4 is 50.0 Å². The zero-order valence-corrected chi connectivity index (χ0v) is 23.5. The molecule has 2 saturated heterocycles. The molecule has 2 fully saturated rings. The topological polar surface area (TPSA) is 108 Å². The lowest BCUT2D eigenvalue weighted by Crippen LogP contribution is -2.48. The van der Waals surface area contributed by atoms with Crippen molar-refractivity contribution in [3.05, 3.63) is 47.5 Å². The third-order valence-corrected chi connectivity index (χ3v) is 8.59. The zero-order valence-electron chi connectivity index (χ0n) is 22.6. The van der Waals surface area contributed by atoms with E-state index in [1.807, 2.05) is 36.2 Å². The number of rotatable bonds is 8. The average molecular weight is 560 g/mol. The van der Waals surface area contributed by atoms with Gasteiger partial charge >= 0.3 is 0 Å². The molecular formula is C29H33N7O3S. The first kappa shape index (κ1) is 26.5. The van der Waals surface area contributed by atoms with Crippen LogP contribution in [0.4, 0.5) is 5.82 Å². The number of ketones is 1. The first-order valence-electron chi connectivity index (χ1n) is 13.8. The van der Waals surface area contributed by atoms with E-state index in [0.717, 1.165) is 65.2 Å². The molecule has 5 heterocycles. The third kappa shape index (κ3) is 5.63. The predicted molar refractivity (Wildman–Crippen MR) is 156 cm³/mol. The van der Waals surface area contributed by atoms with Gasteiger partial charge < -0.3 is 14.5 Å². The van der Waals surface area contributed by atoms with E-state index in [1.165, 1.54) is 11.0 Å². The fourth-order valence-electron chi connectivity index (χ4n) is 5.35. The number of hydrogen-bond acceptors (Lipinski definition) is 9. The highest BCUT2D eigenvalue weighted by Gasteiger charge is 2.24. The number of H-pyrrole nitrogens is 1. The van der Waals surface area contributed by atoms with Gasteiger partial charge in [-0.15, -0.1) is 11.3 Å². The molecule has 0 atom stereocenters. The first-order chi connectivity index (χ1) is 19.6. The number of fused-ring (bicyclic) bond motifs is 2. The summed E-state index contributed by atoms with van der Waals surface area (Å²) in [7, 11) is 0. The zero-order chi connectivity index (χ0) is 27.5. The van der Waals surface area contributed by atoms with E-state index in [9.17, 15) is 9.59 Å². The van der Waals surface area contributed by atoms with Crippen LogP contribution in [-0.2, 0) is 20.9 Å². The Morgan fingerprint density at radius 3 is 2.70 bits per heavy atom. The number of hydrogen-bond donors (Lipinski definition) is 1. The van der Waals surface area contributed by atoms with E-state index in [0.29, 0.717) is 32.1 Å². The molecule has 2 aliphatic rings. The summed E-state index contributed by atoms with van der Waals surface area (Å²) in [5.41, 5.74) is 2.87. The van der Waals surface area contributed by atoms with Gasteiger partial charge in [0.05, 0.1) is 35.1 Å². The van der Waals surface area contributed by atoms with Crippen LogP contribution < -0.4 is 4.90 Å². The monoisotopic (exact) mass is 559 g/mol. The number of carbonyl (C=O) groups is 2. The molecule has 3 aromatic heterocycles. The third-order valence-electron chi connectivity index (χ3n) is 7.48. The van der Waals surface area contributed by atoms with E-state index < -0.39 is 0 Å². The largest absolute Gasteiger partial charge is 0.378 e. The molecule has 208 valence electrons. The standard InChI is InChI=1S/C29H33N7O3S/c1-2-4-20(37)7-8-26(38)35-11-9-34(10-12-35)19-21-17-25-27(40-21)29(36-13-15-39-16-14-36)32-28(31-25)22-5-3-6-24-23(22)18-30-33-24/h2-6,17-18H,7-16,19H2,1H3,(H,30,33). The highest BCUT2D eigenvalue weighted by atomic mass is 32.1. The molecule has 11 heteroatoms. The van der Waals surface area contributed by atoms with E-state index in [2.05, 4.69) is 26.1 Å². The van der Waals surface area contributed by atoms with Crippen molar-refractivity contribution < 1.29 is 14.3 Å². The van der Waals surface area contributed by atoms with Gasteiger partial charge in [0.1, 0.15) is 0 Å². The number of carbonyl (C=O) groups excluding carboxylic acids is 2. The van der Waals surface area contributed by atoms with Crippen LogP contribution in [0.15, 0.2) is 42.6 Å². The number of aromatic amines is 1. The second-order valence-electron chi connectivity index (χ2n) is 10.2. The van der Waals surface area contributed by atoms with E-state index >= 15 is 0 Å². The fourth-order valence-corrected chi connectivity index (χ4v) is 6.50. The summed E-state index contributed by atoms with van der Waals surface area (Å²) >= 11 is 1.75. The number of anilines is 1. The number of benzene rings is 1. The van der Waals surface area contributed by atoms with Crippen LogP contribution >= 0.6 is 11.3 Å². The second-order valence-corrected chi connectivity index (χ2v) is 11.3. The maximum Gasteiger partial charge on any atom is 0.223 e. The van der Waals surface area contributed by atoms with Crippen molar-refractivity contribution in [2.45, 2.75) is 26.3 Å². The number of nitrogens with zero attached hydrogens (tertiary/aromatic N) is 6. The van der Waals surface area contributed by atoms with Crippen LogP contribution in [0, 0.1) is 0 Å². The van der Waals surface area contributed by atoms with Gasteiger partial charge in [-0.05, 0) is 25.1 Å². The molecule has 0 radical (unpaired) electrons. The number of piperazine rings is 1. The van der Waals surface area contributed by atoms with Crippen molar-refractivity contribution in [2.24, 2.45) is 0 Å². The summed E-state index contributed by atoms with van der Waals surface area (Å²) < 4.78 is 6.71. The number of aromatic nitrogens is 4. The number of amides is 1. The van der Waals surface area contributed by atoms with Gasteiger partial charge in [-0.3, -0.25) is 19.6 Å². The molecule has 10 nitrogen and oxygen atoms in total. The van der Waals surface area contributed by atoms with Crippen molar-refractivity contribution in [2.75, 3.05) is 57.4 Å². The highest BCUT2D eigenvalue weighted by Crippen LogP contribution is 2.36. The second kappa shape index (κ2) is 11.8. The summed E-state index contributed by atoms with van der Waals surface area (Å²) in [6.07, 6.45) is 5.63. The van der Waals surface area contributed by atoms with Gasteiger partial charge in [-0.25, -0.2) is 9.97 Å². The number of thiophene rings is 1. The van der Waals surface area contributed by atoms with E-state index in [1.54, 1.807) is 17.4 Å². The normalized spacial score (nSPS) is 16.9. The van der Waals surface area contributed by atoms with Gasteiger partial charge in [0, 0.05) is 74.5 Å². The molecule has 0 unspecified atom stereocenters.